The van der Waals surface area contributed by atoms with Gasteiger partial charge in [-0.25, -0.2) is 0 Å². The highest BCUT2D eigenvalue weighted by Gasteiger charge is 2.26. The summed E-state index contributed by atoms with van der Waals surface area (Å²) in [7, 11) is 3.10. The zero-order chi connectivity index (χ0) is 17.5. The Morgan fingerprint density at radius 1 is 1.17 bits per heavy atom. The third kappa shape index (κ3) is 4.28. The maximum Gasteiger partial charge on any atom is 0.253 e. The van der Waals surface area contributed by atoms with Crippen LogP contribution in [0.5, 0.6) is 5.75 Å². The molecule has 2 aromatic rings. The van der Waals surface area contributed by atoms with Gasteiger partial charge in [-0.3, -0.25) is 4.79 Å². The molecule has 0 spiro atoms. The minimum absolute atomic E-state index is 0.212. The van der Waals surface area contributed by atoms with Gasteiger partial charge in [0, 0.05) is 24.7 Å². The van der Waals surface area contributed by atoms with Crippen molar-refractivity contribution in [1.29, 1.82) is 0 Å². The van der Waals surface area contributed by atoms with Crippen LogP contribution in [0.1, 0.15) is 36.7 Å². The molecule has 0 saturated heterocycles. The van der Waals surface area contributed by atoms with E-state index >= 15 is 0 Å². The molecule has 2 rings (SSSR count). The van der Waals surface area contributed by atoms with Crippen molar-refractivity contribution >= 4 is 17.5 Å². The smallest absolute Gasteiger partial charge is 0.253 e. The summed E-state index contributed by atoms with van der Waals surface area (Å²) in [6, 6.07) is 15.0. The van der Waals surface area contributed by atoms with Gasteiger partial charge >= 0.3 is 0 Å². The molecule has 0 aliphatic heterocycles. The van der Waals surface area contributed by atoms with Crippen molar-refractivity contribution in [2.75, 3.05) is 14.2 Å². The number of hydrogen-bond donors (Lipinski definition) is 1. The molecule has 5 heteroatoms. The van der Waals surface area contributed by atoms with Crippen molar-refractivity contribution in [2.45, 2.75) is 25.6 Å². The monoisotopic (exact) mass is 347 g/mol. The number of halogens is 1. The lowest BCUT2D eigenvalue weighted by Gasteiger charge is -2.24. The second kappa shape index (κ2) is 8.71. The normalized spacial score (nSPS) is 13.2. The van der Waals surface area contributed by atoms with Crippen LogP contribution in [0.2, 0.25) is 5.02 Å². The Labute approximate surface area is 147 Å². The molecule has 0 fully saturated rings. The van der Waals surface area contributed by atoms with Crippen LogP contribution >= 0.6 is 11.6 Å². The van der Waals surface area contributed by atoms with Gasteiger partial charge in [-0.2, -0.15) is 0 Å². The van der Waals surface area contributed by atoms with Crippen molar-refractivity contribution in [2.24, 2.45) is 0 Å². The number of nitrogens with one attached hydrogen (secondary N) is 1. The summed E-state index contributed by atoms with van der Waals surface area (Å²) in [5, 5.41) is 3.22. The number of methoxy groups -OCH3 is 1. The van der Waals surface area contributed by atoms with Crippen LogP contribution in [0.4, 0.5) is 0 Å². The van der Waals surface area contributed by atoms with Crippen molar-refractivity contribution in [3.63, 3.8) is 0 Å². The van der Waals surface area contributed by atoms with E-state index in [0.717, 1.165) is 23.3 Å². The molecule has 0 aliphatic carbocycles. The molecule has 128 valence electrons. The van der Waals surface area contributed by atoms with E-state index in [-0.39, 0.29) is 12.0 Å². The minimum Gasteiger partial charge on any atom is -0.486 e. The van der Waals surface area contributed by atoms with Crippen LogP contribution in [0.25, 0.3) is 0 Å². The van der Waals surface area contributed by atoms with Crippen LogP contribution in [0, 0.1) is 0 Å². The summed E-state index contributed by atoms with van der Waals surface area (Å²) in [6.45, 7) is 2.03. The highest BCUT2D eigenvalue weighted by molar-refractivity contribution is 6.30. The van der Waals surface area contributed by atoms with Crippen molar-refractivity contribution in [3.8, 4) is 5.75 Å². The maximum absolute atomic E-state index is 12.1. The molecule has 2 unspecified atom stereocenters. The molecule has 2 aromatic carbocycles. The minimum atomic E-state index is -0.712. The molecular formula is C19H22ClNO3. The third-order valence-corrected chi connectivity index (χ3v) is 4.03. The first kappa shape index (κ1) is 18.3. The number of hydrogen-bond acceptors (Lipinski definition) is 3. The third-order valence-electron chi connectivity index (χ3n) is 3.79. The van der Waals surface area contributed by atoms with E-state index < -0.39 is 6.10 Å². The molecule has 0 radical (unpaired) electrons. The maximum atomic E-state index is 12.1. The number of carbonyl (C=O) groups excluding carboxylic acids is 1. The first-order valence-corrected chi connectivity index (χ1v) is 8.23. The molecular weight excluding hydrogens is 326 g/mol. The van der Waals surface area contributed by atoms with Gasteiger partial charge in [0.2, 0.25) is 0 Å². The lowest BCUT2D eigenvalue weighted by Crippen LogP contribution is -2.28. The number of carbonyl (C=O) groups is 1. The summed E-state index contributed by atoms with van der Waals surface area (Å²) in [5.74, 6) is 0.555. The first-order valence-electron chi connectivity index (χ1n) is 7.86. The highest BCUT2D eigenvalue weighted by Crippen LogP contribution is 2.33. The molecule has 0 heterocycles. The van der Waals surface area contributed by atoms with E-state index in [1.54, 1.807) is 13.1 Å². The SMILES string of the molecule is CCC(Oc1ccccc1)c1cc(Cl)ccc1C(OC)C(=O)NC. The van der Waals surface area contributed by atoms with Gasteiger partial charge in [-0.15, -0.1) is 0 Å². The summed E-state index contributed by atoms with van der Waals surface area (Å²) in [4.78, 5) is 12.1. The second-order valence-corrected chi connectivity index (χ2v) is 5.77. The molecule has 24 heavy (non-hydrogen) atoms. The average molecular weight is 348 g/mol. The number of rotatable bonds is 7. The Hall–Kier alpha value is -2.04. The summed E-state index contributed by atoms with van der Waals surface area (Å²) in [6.07, 6.45) is -0.217. The number of likely N-dealkylation sites (N-methyl/N-ethyl adjacent to an activating group) is 1. The Kier molecular flexibility index (Phi) is 6.64. The van der Waals surface area contributed by atoms with Gasteiger partial charge in [0.25, 0.3) is 5.91 Å². The van der Waals surface area contributed by atoms with Gasteiger partial charge in [0.15, 0.2) is 6.10 Å². The number of benzene rings is 2. The number of ether oxygens (including phenoxy) is 2. The topological polar surface area (TPSA) is 47.6 Å². The molecule has 1 amide bonds. The average Bonchev–Trinajstić information content (AvgIpc) is 2.62. The fourth-order valence-corrected chi connectivity index (χ4v) is 2.78. The lowest BCUT2D eigenvalue weighted by molar-refractivity contribution is -0.130. The Balaban J connectivity index is 2.42. The molecule has 4 nitrogen and oxygen atoms in total. The van der Waals surface area contributed by atoms with Crippen LogP contribution in [-0.4, -0.2) is 20.1 Å². The Morgan fingerprint density at radius 3 is 2.46 bits per heavy atom. The zero-order valence-corrected chi connectivity index (χ0v) is 14.8. The predicted molar refractivity (Wildman–Crippen MR) is 95.4 cm³/mol. The highest BCUT2D eigenvalue weighted by atomic mass is 35.5. The van der Waals surface area contributed by atoms with Crippen molar-refractivity contribution in [1.82, 2.24) is 5.32 Å². The first-order chi connectivity index (χ1) is 11.6. The van der Waals surface area contributed by atoms with Gasteiger partial charge in [0.05, 0.1) is 0 Å². The zero-order valence-electron chi connectivity index (χ0n) is 14.1. The largest absolute Gasteiger partial charge is 0.486 e. The molecule has 0 aromatic heterocycles. The van der Waals surface area contributed by atoms with Gasteiger partial charge in [0.1, 0.15) is 11.9 Å². The molecule has 2 atom stereocenters. The summed E-state index contributed by atoms with van der Waals surface area (Å²) >= 11 is 6.19. The standard InChI is InChI=1S/C19H22ClNO3/c1-4-17(24-14-8-6-5-7-9-14)16-12-13(20)10-11-15(16)18(23-3)19(22)21-2/h5-12,17-18H,4H2,1-3H3,(H,21,22). The van der Waals surface area contributed by atoms with Crippen molar-refractivity contribution in [3.05, 3.63) is 64.7 Å². The number of amides is 1. The van der Waals surface area contributed by atoms with Crippen molar-refractivity contribution < 1.29 is 14.3 Å². The van der Waals surface area contributed by atoms with Crippen LogP contribution < -0.4 is 10.1 Å². The number of para-hydroxylation sites is 1. The van der Waals surface area contributed by atoms with Crippen LogP contribution in [0.15, 0.2) is 48.5 Å². The van der Waals surface area contributed by atoms with E-state index in [9.17, 15) is 4.79 Å². The van der Waals surface area contributed by atoms with Crippen LogP contribution in [0.3, 0.4) is 0 Å². The van der Waals surface area contributed by atoms with E-state index in [1.165, 1.54) is 7.11 Å². The Bertz CT molecular complexity index is 676. The molecule has 0 saturated carbocycles. The molecule has 0 aliphatic rings. The lowest BCUT2D eigenvalue weighted by atomic mass is 9.96. The summed E-state index contributed by atoms with van der Waals surface area (Å²) in [5.41, 5.74) is 1.60. The predicted octanol–water partition coefficient (Wildman–Crippen LogP) is 4.30. The van der Waals surface area contributed by atoms with E-state index in [0.29, 0.717) is 5.02 Å². The molecule has 1 N–H and O–H groups in total. The fourth-order valence-electron chi connectivity index (χ4n) is 2.60. The summed E-state index contributed by atoms with van der Waals surface area (Å²) < 4.78 is 11.5. The quantitative estimate of drug-likeness (QED) is 0.812. The van der Waals surface area contributed by atoms with Gasteiger partial charge in [-0.05, 0) is 36.2 Å². The van der Waals surface area contributed by atoms with E-state index in [1.807, 2.05) is 49.4 Å². The Morgan fingerprint density at radius 2 is 1.88 bits per heavy atom. The van der Waals surface area contributed by atoms with Gasteiger partial charge < -0.3 is 14.8 Å². The second-order valence-electron chi connectivity index (χ2n) is 5.33. The fraction of sp³-hybridized carbons (Fsp3) is 0.316. The van der Waals surface area contributed by atoms with E-state index in [4.69, 9.17) is 21.1 Å². The molecule has 0 bridgehead atoms. The van der Waals surface area contributed by atoms with Crippen LogP contribution in [-0.2, 0) is 9.53 Å². The van der Waals surface area contributed by atoms with Gasteiger partial charge in [-0.1, -0.05) is 42.8 Å². The van der Waals surface area contributed by atoms with E-state index in [2.05, 4.69) is 5.32 Å².